The van der Waals surface area contributed by atoms with E-state index in [0.29, 0.717) is 6.54 Å². The molecule has 0 aliphatic heterocycles. The van der Waals surface area contributed by atoms with Crippen LogP contribution in [0.25, 0.3) is 6.08 Å². The molecule has 96 valence electrons. The second kappa shape index (κ2) is 6.44. The van der Waals surface area contributed by atoms with E-state index in [1.54, 1.807) is 19.2 Å². The lowest BCUT2D eigenvalue weighted by Gasteiger charge is -2.15. The molecule has 1 aromatic carbocycles. The zero-order chi connectivity index (χ0) is 13.5. The molecule has 1 rings (SSSR count). The van der Waals surface area contributed by atoms with Gasteiger partial charge in [-0.1, -0.05) is 24.3 Å². The highest BCUT2D eigenvalue weighted by Crippen LogP contribution is 2.08. The van der Waals surface area contributed by atoms with Crippen LogP contribution in [0.4, 0.5) is 4.79 Å². The molecule has 1 aromatic rings. The number of methoxy groups -OCH3 is 1. The quantitative estimate of drug-likeness (QED) is 0.828. The van der Waals surface area contributed by atoms with Gasteiger partial charge in [-0.3, -0.25) is 0 Å². The first-order valence-electron chi connectivity index (χ1n) is 5.32. The molecule has 0 saturated heterocycles. The molecule has 0 atom stereocenters. The average Bonchev–Trinajstić information content (AvgIpc) is 2.36. The van der Waals surface area contributed by atoms with Crippen molar-refractivity contribution >= 4 is 18.1 Å². The van der Waals surface area contributed by atoms with Crippen LogP contribution in [0.2, 0.25) is 0 Å². The van der Waals surface area contributed by atoms with Crippen molar-refractivity contribution in [3.8, 4) is 0 Å². The second-order valence-electron chi connectivity index (χ2n) is 3.74. The molecule has 5 heteroatoms. The molecule has 0 fully saturated rings. The van der Waals surface area contributed by atoms with Crippen molar-refractivity contribution in [1.29, 1.82) is 0 Å². The summed E-state index contributed by atoms with van der Waals surface area (Å²) in [6.45, 7) is 0.440. The molecule has 0 spiro atoms. The minimum absolute atomic E-state index is 0.398. The van der Waals surface area contributed by atoms with Crippen LogP contribution in [0.5, 0.6) is 0 Å². The Balaban J connectivity index is 2.66. The summed E-state index contributed by atoms with van der Waals surface area (Å²) in [4.78, 5) is 23.0. The van der Waals surface area contributed by atoms with E-state index in [-0.39, 0.29) is 0 Å². The van der Waals surface area contributed by atoms with Gasteiger partial charge in [0.2, 0.25) is 0 Å². The minimum atomic E-state index is -0.982. The van der Waals surface area contributed by atoms with E-state index in [4.69, 9.17) is 5.11 Å². The number of carbonyl (C=O) groups is 2. The van der Waals surface area contributed by atoms with Gasteiger partial charge in [0.1, 0.15) is 0 Å². The zero-order valence-electron chi connectivity index (χ0n) is 10.3. The summed E-state index contributed by atoms with van der Waals surface area (Å²) in [5, 5.41) is 8.49. The van der Waals surface area contributed by atoms with Gasteiger partial charge < -0.3 is 14.7 Å². The molecule has 5 nitrogen and oxygen atoms in total. The van der Waals surface area contributed by atoms with Crippen LogP contribution in [0.1, 0.15) is 11.1 Å². The SMILES string of the molecule is COC(=O)N(C)Cc1ccc(/C=C/C(=O)O)cc1. The van der Waals surface area contributed by atoms with Crippen molar-refractivity contribution in [3.63, 3.8) is 0 Å². The van der Waals surface area contributed by atoms with Crippen LogP contribution in [0.15, 0.2) is 30.3 Å². The van der Waals surface area contributed by atoms with E-state index < -0.39 is 12.1 Å². The fraction of sp³-hybridized carbons (Fsp3) is 0.231. The standard InChI is InChI=1S/C13H15NO4/c1-14(13(17)18-2)9-11-5-3-10(4-6-11)7-8-12(15)16/h3-8H,9H2,1-2H3,(H,15,16)/b8-7+. The van der Waals surface area contributed by atoms with Crippen LogP contribution < -0.4 is 0 Å². The molecule has 0 aliphatic carbocycles. The third kappa shape index (κ3) is 4.29. The van der Waals surface area contributed by atoms with Gasteiger partial charge in [0.05, 0.1) is 7.11 Å². The maximum atomic E-state index is 11.2. The van der Waals surface area contributed by atoms with Crippen molar-refractivity contribution in [3.05, 3.63) is 41.5 Å². The second-order valence-corrected chi connectivity index (χ2v) is 3.74. The zero-order valence-corrected chi connectivity index (χ0v) is 10.3. The molecule has 0 aliphatic rings. The Labute approximate surface area is 105 Å². The highest BCUT2D eigenvalue weighted by molar-refractivity contribution is 5.85. The van der Waals surface area contributed by atoms with Crippen LogP contribution in [0, 0.1) is 0 Å². The van der Waals surface area contributed by atoms with Gasteiger partial charge in [0, 0.05) is 19.7 Å². The number of hydrogen-bond donors (Lipinski definition) is 1. The molecule has 0 saturated carbocycles. The fourth-order valence-corrected chi connectivity index (χ4v) is 1.40. The van der Waals surface area contributed by atoms with Crippen molar-refractivity contribution < 1.29 is 19.4 Å². The number of carboxylic acids is 1. The third-order valence-electron chi connectivity index (χ3n) is 2.30. The van der Waals surface area contributed by atoms with Gasteiger partial charge in [-0.2, -0.15) is 0 Å². The van der Waals surface area contributed by atoms with Crippen molar-refractivity contribution in [2.45, 2.75) is 6.54 Å². The lowest BCUT2D eigenvalue weighted by Crippen LogP contribution is -2.25. The number of nitrogens with zero attached hydrogens (tertiary/aromatic N) is 1. The largest absolute Gasteiger partial charge is 0.478 e. The molecule has 0 unspecified atom stereocenters. The van der Waals surface area contributed by atoms with E-state index in [2.05, 4.69) is 4.74 Å². The third-order valence-corrected chi connectivity index (χ3v) is 2.30. The molecule has 1 N–H and O–H groups in total. The smallest absolute Gasteiger partial charge is 0.409 e. The molecule has 0 aromatic heterocycles. The fourth-order valence-electron chi connectivity index (χ4n) is 1.40. The Hall–Kier alpha value is -2.30. The van der Waals surface area contributed by atoms with Gasteiger partial charge in [-0.05, 0) is 17.2 Å². The molecule has 0 heterocycles. The number of hydrogen-bond acceptors (Lipinski definition) is 3. The summed E-state index contributed by atoms with van der Waals surface area (Å²) >= 11 is 0. The van der Waals surface area contributed by atoms with Gasteiger partial charge in [-0.15, -0.1) is 0 Å². The minimum Gasteiger partial charge on any atom is -0.478 e. The molecular weight excluding hydrogens is 234 g/mol. The molecule has 0 bridgehead atoms. The Bertz CT molecular complexity index is 451. The summed E-state index contributed by atoms with van der Waals surface area (Å²) < 4.78 is 4.58. The first kappa shape index (κ1) is 13.8. The summed E-state index contributed by atoms with van der Waals surface area (Å²) in [7, 11) is 2.97. The number of ether oxygens (including phenoxy) is 1. The highest BCUT2D eigenvalue weighted by Gasteiger charge is 2.07. The van der Waals surface area contributed by atoms with Gasteiger partial charge in [-0.25, -0.2) is 9.59 Å². The summed E-state index contributed by atoms with van der Waals surface area (Å²) in [6.07, 6.45) is 2.19. The molecule has 0 radical (unpaired) electrons. The summed E-state index contributed by atoms with van der Waals surface area (Å²) in [5.41, 5.74) is 1.73. The first-order valence-corrected chi connectivity index (χ1v) is 5.32. The number of aliphatic carboxylic acids is 1. The van der Waals surface area contributed by atoms with E-state index in [0.717, 1.165) is 17.2 Å². The molecular formula is C13H15NO4. The van der Waals surface area contributed by atoms with Gasteiger partial charge in [0.15, 0.2) is 0 Å². The van der Waals surface area contributed by atoms with Crippen molar-refractivity contribution in [1.82, 2.24) is 4.90 Å². The topological polar surface area (TPSA) is 66.8 Å². The normalized spacial score (nSPS) is 10.3. The average molecular weight is 249 g/mol. The lowest BCUT2D eigenvalue weighted by molar-refractivity contribution is -0.131. The van der Waals surface area contributed by atoms with Crippen LogP contribution in [-0.2, 0) is 16.1 Å². The number of amides is 1. The van der Waals surface area contributed by atoms with Gasteiger partial charge >= 0.3 is 12.1 Å². The van der Waals surface area contributed by atoms with E-state index in [9.17, 15) is 9.59 Å². The Morgan fingerprint density at radius 3 is 2.44 bits per heavy atom. The lowest BCUT2D eigenvalue weighted by atomic mass is 10.1. The summed E-state index contributed by atoms with van der Waals surface area (Å²) in [5.74, 6) is -0.982. The maximum Gasteiger partial charge on any atom is 0.409 e. The van der Waals surface area contributed by atoms with Gasteiger partial charge in [0.25, 0.3) is 0 Å². The highest BCUT2D eigenvalue weighted by atomic mass is 16.5. The van der Waals surface area contributed by atoms with E-state index in [1.807, 2.05) is 12.1 Å². The Morgan fingerprint density at radius 1 is 1.33 bits per heavy atom. The predicted molar refractivity (Wildman–Crippen MR) is 67.0 cm³/mol. The maximum absolute atomic E-state index is 11.2. The predicted octanol–water partition coefficient (Wildman–Crippen LogP) is 1.98. The monoisotopic (exact) mass is 249 g/mol. The number of carboxylic acid groups (broad SMARTS) is 1. The van der Waals surface area contributed by atoms with E-state index >= 15 is 0 Å². The van der Waals surface area contributed by atoms with Crippen LogP contribution >= 0.6 is 0 Å². The Kier molecular flexibility index (Phi) is 4.92. The number of benzene rings is 1. The number of carbonyl (C=O) groups excluding carboxylic acids is 1. The van der Waals surface area contributed by atoms with E-state index in [1.165, 1.54) is 18.1 Å². The van der Waals surface area contributed by atoms with Crippen molar-refractivity contribution in [2.75, 3.05) is 14.2 Å². The molecule has 18 heavy (non-hydrogen) atoms. The molecule has 1 amide bonds. The summed E-state index contributed by atoms with van der Waals surface area (Å²) in [6, 6.07) is 7.25. The van der Waals surface area contributed by atoms with Crippen molar-refractivity contribution in [2.24, 2.45) is 0 Å². The first-order chi connectivity index (χ1) is 8.52. The Morgan fingerprint density at radius 2 is 1.94 bits per heavy atom. The van der Waals surface area contributed by atoms with Crippen LogP contribution in [-0.4, -0.2) is 36.2 Å². The van der Waals surface area contributed by atoms with Crippen LogP contribution in [0.3, 0.4) is 0 Å². The number of rotatable bonds is 4.